The number of benzene rings is 1. The largest absolute Gasteiger partial charge is 0.353 e. The number of rotatable bonds is 6. The third-order valence-electron chi connectivity index (χ3n) is 2.19. The van der Waals surface area contributed by atoms with Crippen LogP contribution in [-0.2, 0) is 11.3 Å². The molecule has 0 bridgehead atoms. The molecule has 0 atom stereocenters. The molecule has 0 aliphatic rings. The summed E-state index contributed by atoms with van der Waals surface area (Å²) in [6.45, 7) is 4.77. The number of nitrogens with one attached hydrogen (secondary N) is 2. The highest BCUT2D eigenvalue weighted by Crippen LogP contribution is 2.28. The first-order valence-electron chi connectivity index (χ1n) is 5.88. The first-order chi connectivity index (χ1) is 8.52. The number of thioether (sulfide) groups is 1. The number of carbonyl (C=O) groups is 1. The van der Waals surface area contributed by atoms with Gasteiger partial charge in [0.05, 0.1) is 5.75 Å². The monoisotopic (exact) mass is 330 g/mol. The third-order valence-corrected chi connectivity index (χ3v) is 4.18. The number of halogens is 1. The normalized spacial score (nSPS) is 10.7. The molecule has 0 unspecified atom stereocenters. The Hall–Kier alpha value is -0.520. The first-order valence-corrected chi connectivity index (χ1v) is 7.66. The van der Waals surface area contributed by atoms with Gasteiger partial charge in [-0.15, -0.1) is 11.8 Å². The lowest BCUT2D eigenvalue weighted by Gasteiger charge is -2.09. The Morgan fingerprint density at radius 3 is 2.72 bits per heavy atom. The van der Waals surface area contributed by atoms with Crippen LogP contribution in [0.15, 0.2) is 27.6 Å². The molecule has 0 heterocycles. The molecule has 0 aliphatic carbocycles. The molecule has 0 spiro atoms. The van der Waals surface area contributed by atoms with Crippen molar-refractivity contribution in [2.24, 2.45) is 0 Å². The van der Waals surface area contributed by atoms with Crippen LogP contribution < -0.4 is 10.6 Å². The Balaban J connectivity index is 2.55. The van der Waals surface area contributed by atoms with Gasteiger partial charge in [-0.3, -0.25) is 4.79 Å². The molecular weight excluding hydrogens is 312 g/mol. The quantitative estimate of drug-likeness (QED) is 0.788. The molecular formula is C13H19BrN2OS. The van der Waals surface area contributed by atoms with Crippen molar-refractivity contribution in [3.8, 4) is 0 Å². The van der Waals surface area contributed by atoms with Crippen molar-refractivity contribution in [1.29, 1.82) is 0 Å². The van der Waals surface area contributed by atoms with Gasteiger partial charge in [0.15, 0.2) is 0 Å². The smallest absolute Gasteiger partial charge is 0.230 e. The number of hydrogen-bond acceptors (Lipinski definition) is 3. The SMILES string of the molecule is CNCc1ccc(SCC(=O)NC(C)C)c(Br)c1. The predicted octanol–water partition coefficient (Wildman–Crippen LogP) is 2.79. The van der Waals surface area contributed by atoms with Gasteiger partial charge in [-0.25, -0.2) is 0 Å². The Bertz CT molecular complexity index is 410. The number of carbonyl (C=O) groups excluding carboxylic acids is 1. The van der Waals surface area contributed by atoms with Gasteiger partial charge in [0.2, 0.25) is 5.91 Å². The van der Waals surface area contributed by atoms with Crippen LogP contribution >= 0.6 is 27.7 Å². The second kappa shape index (κ2) is 7.81. The molecule has 3 nitrogen and oxygen atoms in total. The summed E-state index contributed by atoms with van der Waals surface area (Å²) in [7, 11) is 1.92. The fourth-order valence-electron chi connectivity index (χ4n) is 1.48. The lowest BCUT2D eigenvalue weighted by molar-refractivity contribution is -0.119. The van der Waals surface area contributed by atoms with Crippen molar-refractivity contribution in [3.05, 3.63) is 28.2 Å². The standard InChI is InChI=1S/C13H19BrN2OS/c1-9(2)16-13(17)8-18-12-5-4-10(7-15-3)6-11(12)14/h4-6,9,15H,7-8H2,1-3H3,(H,16,17). The average molecular weight is 331 g/mol. The maximum absolute atomic E-state index is 11.6. The fraction of sp³-hybridized carbons (Fsp3) is 0.462. The highest BCUT2D eigenvalue weighted by atomic mass is 79.9. The Kier molecular flexibility index (Phi) is 6.75. The van der Waals surface area contributed by atoms with Gasteiger partial charge in [-0.1, -0.05) is 6.07 Å². The van der Waals surface area contributed by atoms with E-state index in [1.54, 1.807) is 11.8 Å². The summed E-state index contributed by atoms with van der Waals surface area (Å²) in [5.74, 6) is 0.517. The molecule has 1 aromatic carbocycles. The van der Waals surface area contributed by atoms with E-state index in [0.29, 0.717) is 5.75 Å². The van der Waals surface area contributed by atoms with E-state index in [4.69, 9.17) is 0 Å². The minimum Gasteiger partial charge on any atom is -0.353 e. The zero-order valence-corrected chi connectivity index (χ0v) is 13.3. The van der Waals surface area contributed by atoms with Crippen LogP contribution in [-0.4, -0.2) is 24.7 Å². The second-order valence-electron chi connectivity index (χ2n) is 4.31. The predicted molar refractivity (Wildman–Crippen MR) is 80.9 cm³/mol. The van der Waals surface area contributed by atoms with Crippen LogP contribution in [0.5, 0.6) is 0 Å². The van der Waals surface area contributed by atoms with Gasteiger partial charge in [0.1, 0.15) is 0 Å². The molecule has 0 saturated carbocycles. The van der Waals surface area contributed by atoms with E-state index in [0.717, 1.165) is 15.9 Å². The molecule has 18 heavy (non-hydrogen) atoms. The van der Waals surface area contributed by atoms with Crippen LogP contribution in [0.3, 0.4) is 0 Å². The summed E-state index contributed by atoms with van der Waals surface area (Å²) < 4.78 is 1.04. The minimum absolute atomic E-state index is 0.0706. The maximum atomic E-state index is 11.6. The molecule has 0 aromatic heterocycles. The van der Waals surface area contributed by atoms with Crippen LogP contribution in [0.1, 0.15) is 19.4 Å². The summed E-state index contributed by atoms with van der Waals surface area (Å²) in [5, 5.41) is 5.99. The number of hydrogen-bond donors (Lipinski definition) is 2. The number of amides is 1. The van der Waals surface area contributed by atoms with E-state index >= 15 is 0 Å². The van der Waals surface area contributed by atoms with E-state index in [2.05, 4.69) is 38.7 Å². The molecule has 5 heteroatoms. The maximum Gasteiger partial charge on any atom is 0.230 e. The molecule has 0 radical (unpaired) electrons. The van der Waals surface area contributed by atoms with Crippen molar-refractivity contribution in [2.45, 2.75) is 31.3 Å². The van der Waals surface area contributed by atoms with Gasteiger partial charge in [-0.05, 0) is 54.5 Å². The lowest BCUT2D eigenvalue weighted by atomic mass is 10.2. The molecule has 0 fully saturated rings. The highest BCUT2D eigenvalue weighted by Gasteiger charge is 2.07. The van der Waals surface area contributed by atoms with Gasteiger partial charge in [-0.2, -0.15) is 0 Å². The Labute approximate surface area is 121 Å². The molecule has 0 aliphatic heterocycles. The summed E-state index contributed by atoms with van der Waals surface area (Å²) in [5.41, 5.74) is 1.22. The first kappa shape index (κ1) is 15.5. The van der Waals surface area contributed by atoms with Gasteiger partial charge in [0, 0.05) is 22.0 Å². The summed E-state index contributed by atoms with van der Waals surface area (Å²) in [4.78, 5) is 12.6. The molecule has 1 aromatic rings. The zero-order valence-electron chi connectivity index (χ0n) is 10.9. The van der Waals surface area contributed by atoms with Crippen LogP contribution in [0, 0.1) is 0 Å². The Morgan fingerprint density at radius 1 is 1.44 bits per heavy atom. The topological polar surface area (TPSA) is 41.1 Å². The third kappa shape index (κ3) is 5.42. The molecule has 1 amide bonds. The van der Waals surface area contributed by atoms with Crippen LogP contribution in [0.4, 0.5) is 0 Å². The highest BCUT2D eigenvalue weighted by molar-refractivity contribution is 9.10. The molecule has 100 valence electrons. The fourth-order valence-corrected chi connectivity index (χ4v) is 2.98. The minimum atomic E-state index is 0.0706. The van der Waals surface area contributed by atoms with Crippen molar-refractivity contribution in [3.63, 3.8) is 0 Å². The van der Waals surface area contributed by atoms with Crippen molar-refractivity contribution >= 4 is 33.6 Å². The van der Waals surface area contributed by atoms with Gasteiger partial charge < -0.3 is 10.6 Å². The van der Waals surface area contributed by atoms with Crippen molar-refractivity contribution in [2.75, 3.05) is 12.8 Å². The molecule has 1 rings (SSSR count). The van der Waals surface area contributed by atoms with E-state index in [1.807, 2.05) is 27.0 Å². The summed E-state index contributed by atoms with van der Waals surface area (Å²) >= 11 is 5.08. The van der Waals surface area contributed by atoms with Gasteiger partial charge >= 0.3 is 0 Å². The van der Waals surface area contributed by atoms with Crippen molar-refractivity contribution in [1.82, 2.24) is 10.6 Å². The summed E-state index contributed by atoms with van der Waals surface area (Å²) in [6, 6.07) is 6.40. The van der Waals surface area contributed by atoms with E-state index in [9.17, 15) is 4.79 Å². The lowest BCUT2D eigenvalue weighted by Crippen LogP contribution is -2.31. The van der Waals surface area contributed by atoms with E-state index < -0.39 is 0 Å². The van der Waals surface area contributed by atoms with Crippen molar-refractivity contribution < 1.29 is 4.79 Å². The van der Waals surface area contributed by atoms with E-state index in [-0.39, 0.29) is 11.9 Å². The zero-order chi connectivity index (χ0) is 13.5. The second-order valence-corrected chi connectivity index (χ2v) is 6.18. The molecule has 0 saturated heterocycles. The molecule has 2 N–H and O–H groups in total. The van der Waals surface area contributed by atoms with Crippen LogP contribution in [0.2, 0.25) is 0 Å². The van der Waals surface area contributed by atoms with Crippen LogP contribution in [0.25, 0.3) is 0 Å². The average Bonchev–Trinajstić information content (AvgIpc) is 2.27. The Morgan fingerprint density at radius 2 is 2.17 bits per heavy atom. The summed E-state index contributed by atoms with van der Waals surface area (Å²) in [6.07, 6.45) is 0. The van der Waals surface area contributed by atoms with E-state index in [1.165, 1.54) is 5.56 Å². The van der Waals surface area contributed by atoms with Gasteiger partial charge in [0.25, 0.3) is 0 Å².